The van der Waals surface area contributed by atoms with Crippen LogP contribution in [0.15, 0.2) is 48.9 Å². The van der Waals surface area contributed by atoms with E-state index >= 15 is 0 Å². The maximum absolute atomic E-state index is 13.6. The van der Waals surface area contributed by atoms with Crippen molar-refractivity contribution >= 4 is 11.4 Å². The summed E-state index contributed by atoms with van der Waals surface area (Å²) in [5, 5.41) is 6.70. The van der Waals surface area contributed by atoms with Crippen LogP contribution in [0, 0.1) is 0 Å². The third-order valence-electron chi connectivity index (χ3n) is 5.94. The van der Waals surface area contributed by atoms with Gasteiger partial charge in [-0.05, 0) is 56.4 Å². The van der Waals surface area contributed by atoms with E-state index in [1.165, 1.54) is 26.2 Å². The normalized spacial score (nSPS) is 19.2. The molecule has 2 aliphatic rings. The predicted molar refractivity (Wildman–Crippen MR) is 119 cm³/mol. The number of pyridine rings is 1. The smallest absolute Gasteiger partial charge is 0.213 e. The van der Waals surface area contributed by atoms with Crippen LogP contribution < -0.4 is 15.4 Å². The van der Waals surface area contributed by atoms with Crippen LogP contribution in [-0.2, 0) is 0 Å². The van der Waals surface area contributed by atoms with E-state index in [4.69, 9.17) is 4.74 Å². The zero-order chi connectivity index (χ0) is 21.2. The minimum atomic E-state index is -1.00. The van der Waals surface area contributed by atoms with E-state index in [-0.39, 0.29) is 12.3 Å². The van der Waals surface area contributed by atoms with Gasteiger partial charge in [0.25, 0.3) is 0 Å². The summed E-state index contributed by atoms with van der Waals surface area (Å²) in [5.41, 5.74) is 4.86. The van der Waals surface area contributed by atoms with Crippen LogP contribution in [0.5, 0.6) is 5.88 Å². The fourth-order valence-corrected chi connectivity index (χ4v) is 4.14. The zero-order valence-electron chi connectivity index (χ0n) is 17.5. The summed E-state index contributed by atoms with van der Waals surface area (Å²) in [6.45, 7) is 1.54. The molecule has 0 bridgehead atoms. The largest absolute Gasteiger partial charge is 0.474 e. The highest BCUT2D eigenvalue weighted by Gasteiger charge is 2.23. The van der Waals surface area contributed by atoms with Gasteiger partial charge >= 0.3 is 0 Å². The molecule has 160 valence electrons. The first kappa shape index (κ1) is 19.7. The van der Waals surface area contributed by atoms with Crippen molar-refractivity contribution in [2.24, 2.45) is 0 Å². The molecule has 2 aromatic heterocycles. The molecule has 1 fully saturated rings. The molecule has 5 rings (SSSR count). The van der Waals surface area contributed by atoms with E-state index in [1.807, 2.05) is 24.3 Å². The minimum Gasteiger partial charge on any atom is -0.474 e. The molecule has 3 aromatic rings. The number of halogens is 1. The number of benzene rings is 1. The lowest BCUT2D eigenvalue weighted by molar-refractivity contribution is 0.148. The number of anilines is 2. The SMILES string of the molecule is CC(F)c1ccc2c(c1)NC(c1cnc(-c3ccc(OC4CCCCC4)nc3)cn1)N2. The lowest BCUT2D eigenvalue weighted by Gasteiger charge is -2.22. The van der Waals surface area contributed by atoms with Gasteiger partial charge in [-0.3, -0.25) is 9.97 Å². The Morgan fingerprint density at radius 3 is 2.48 bits per heavy atom. The van der Waals surface area contributed by atoms with Gasteiger partial charge in [0.05, 0.1) is 29.5 Å². The Balaban J connectivity index is 1.25. The molecule has 0 radical (unpaired) electrons. The first-order valence-electron chi connectivity index (χ1n) is 10.9. The van der Waals surface area contributed by atoms with Crippen LogP contribution in [0.1, 0.15) is 62.6 Å². The molecular weight excluding hydrogens is 393 g/mol. The second-order valence-electron chi connectivity index (χ2n) is 8.23. The topological polar surface area (TPSA) is 72.0 Å². The minimum absolute atomic E-state index is 0.203. The Morgan fingerprint density at radius 2 is 1.77 bits per heavy atom. The van der Waals surface area contributed by atoms with Crippen molar-refractivity contribution in [1.82, 2.24) is 15.0 Å². The molecule has 2 atom stereocenters. The Bertz CT molecular complexity index is 1030. The molecule has 2 N–H and O–H groups in total. The number of alkyl halides is 1. The van der Waals surface area contributed by atoms with Crippen LogP contribution in [-0.4, -0.2) is 21.1 Å². The van der Waals surface area contributed by atoms with E-state index in [2.05, 4.69) is 25.6 Å². The van der Waals surface area contributed by atoms with Gasteiger partial charge in [-0.25, -0.2) is 9.37 Å². The molecule has 0 saturated heterocycles. The molecule has 7 heteroatoms. The molecule has 1 saturated carbocycles. The average Bonchev–Trinajstić information content (AvgIpc) is 3.24. The van der Waals surface area contributed by atoms with Gasteiger partial charge in [0.1, 0.15) is 24.1 Å². The van der Waals surface area contributed by atoms with Crippen LogP contribution in [0.25, 0.3) is 11.3 Å². The van der Waals surface area contributed by atoms with E-state index in [0.717, 1.165) is 41.2 Å². The van der Waals surface area contributed by atoms with Gasteiger partial charge in [-0.15, -0.1) is 0 Å². The second-order valence-corrected chi connectivity index (χ2v) is 8.23. The van der Waals surface area contributed by atoms with Gasteiger partial charge < -0.3 is 15.4 Å². The molecule has 3 heterocycles. The summed E-state index contributed by atoms with van der Waals surface area (Å²) in [7, 11) is 0. The van der Waals surface area contributed by atoms with E-state index in [0.29, 0.717) is 11.4 Å². The Morgan fingerprint density at radius 1 is 0.935 bits per heavy atom. The fourth-order valence-electron chi connectivity index (χ4n) is 4.14. The third kappa shape index (κ3) is 4.31. The molecule has 0 amide bonds. The summed E-state index contributed by atoms with van der Waals surface area (Å²) in [4.78, 5) is 13.6. The van der Waals surface area contributed by atoms with E-state index in [1.54, 1.807) is 24.7 Å². The van der Waals surface area contributed by atoms with Gasteiger partial charge in [0.15, 0.2) is 0 Å². The van der Waals surface area contributed by atoms with Crippen molar-refractivity contribution in [2.45, 2.75) is 57.5 Å². The van der Waals surface area contributed by atoms with Crippen molar-refractivity contribution in [2.75, 3.05) is 10.6 Å². The summed E-state index contributed by atoms with van der Waals surface area (Å²) in [6, 6.07) is 9.38. The maximum atomic E-state index is 13.6. The van der Waals surface area contributed by atoms with E-state index in [9.17, 15) is 4.39 Å². The number of hydrogen-bond donors (Lipinski definition) is 2. The molecule has 0 spiro atoms. The number of nitrogens with zero attached hydrogens (tertiary/aromatic N) is 3. The molecule has 2 unspecified atom stereocenters. The molecule has 31 heavy (non-hydrogen) atoms. The molecule has 6 nitrogen and oxygen atoms in total. The van der Waals surface area contributed by atoms with Gasteiger partial charge in [-0.2, -0.15) is 0 Å². The number of aromatic nitrogens is 3. The number of ether oxygens (including phenoxy) is 1. The summed E-state index contributed by atoms with van der Waals surface area (Å²) >= 11 is 0. The second kappa shape index (κ2) is 8.49. The maximum Gasteiger partial charge on any atom is 0.213 e. The third-order valence-corrected chi connectivity index (χ3v) is 5.94. The van der Waals surface area contributed by atoms with Crippen LogP contribution in [0.3, 0.4) is 0 Å². The highest BCUT2D eigenvalue weighted by molar-refractivity contribution is 5.75. The summed E-state index contributed by atoms with van der Waals surface area (Å²) in [6.07, 6.45) is 10.3. The van der Waals surface area contributed by atoms with Gasteiger partial charge in [0.2, 0.25) is 5.88 Å². The van der Waals surface area contributed by atoms with Gasteiger partial charge in [-0.1, -0.05) is 12.5 Å². The lowest BCUT2D eigenvalue weighted by Crippen LogP contribution is -2.20. The fraction of sp³-hybridized carbons (Fsp3) is 0.375. The van der Waals surface area contributed by atoms with Crippen molar-refractivity contribution < 1.29 is 9.13 Å². The van der Waals surface area contributed by atoms with Crippen molar-refractivity contribution in [1.29, 1.82) is 0 Å². The molecular formula is C24H26FN5O. The average molecular weight is 420 g/mol. The number of fused-ring (bicyclic) bond motifs is 1. The first-order chi connectivity index (χ1) is 15.2. The highest BCUT2D eigenvalue weighted by atomic mass is 19.1. The Hall–Kier alpha value is -3.22. The van der Waals surface area contributed by atoms with Crippen molar-refractivity contribution in [3.63, 3.8) is 0 Å². The Labute approximate surface area is 181 Å². The quantitative estimate of drug-likeness (QED) is 0.543. The Kier molecular flexibility index (Phi) is 5.40. The first-order valence-corrected chi connectivity index (χ1v) is 10.9. The highest BCUT2D eigenvalue weighted by Crippen LogP contribution is 2.37. The van der Waals surface area contributed by atoms with Gasteiger partial charge in [0, 0.05) is 17.8 Å². The van der Waals surface area contributed by atoms with Crippen LogP contribution >= 0.6 is 0 Å². The molecule has 1 aromatic carbocycles. The number of hydrogen-bond acceptors (Lipinski definition) is 6. The zero-order valence-corrected chi connectivity index (χ0v) is 17.5. The number of rotatable bonds is 5. The number of nitrogens with one attached hydrogen (secondary N) is 2. The molecule has 1 aliphatic heterocycles. The molecule has 1 aliphatic carbocycles. The predicted octanol–water partition coefficient (Wildman–Crippen LogP) is 5.82. The van der Waals surface area contributed by atoms with Crippen LogP contribution in [0.2, 0.25) is 0 Å². The lowest BCUT2D eigenvalue weighted by atomic mass is 9.98. The van der Waals surface area contributed by atoms with Crippen LogP contribution in [0.4, 0.5) is 15.8 Å². The monoisotopic (exact) mass is 419 g/mol. The van der Waals surface area contributed by atoms with Crippen molar-refractivity contribution in [3.8, 4) is 17.1 Å². The van der Waals surface area contributed by atoms with Crippen molar-refractivity contribution in [3.05, 3.63) is 60.2 Å². The standard InChI is InChI=1S/C24H26FN5O/c1-15(25)16-7-9-19-20(11-16)30-24(29-19)22-14-26-21(13-27-22)17-8-10-23(28-12-17)31-18-5-3-2-4-6-18/h7-15,18,24,29-30H,2-6H2,1H3. The summed E-state index contributed by atoms with van der Waals surface area (Å²) in [5.74, 6) is 0.666. The van der Waals surface area contributed by atoms with E-state index < -0.39 is 6.17 Å². The summed E-state index contributed by atoms with van der Waals surface area (Å²) < 4.78 is 19.6.